The van der Waals surface area contributed by atoms with Crippen LogP contribution in [-0.2, 0) is 6.54 Å². The van der Waals surface area contributed by atoms with E-state index in [9.17, 15) is 4.79 Å². The zero-order chi connectivity index (χ0) is 13.8. The largest absolute Gasteiger partial charge is 0.468 e. The first kappa shape index (κ1) is 13.1. The van der Waals surface area contributed by atoms with Crippen LogP contribution < -0.4 is 15.6 Å². The topological polar surface area (TPSA) is 69.0 Å². The maximum absolute atomic E-state index is 12.0. The molecule has 0 spiro atoms. The Bertz CT molecular complexity index is 637. The van der Waals surface area contributed by atoms with E-state index in [1.807, 2.05) is 18.2 Å². The van der Waals surface area contributed by atoms with Crippen LogP contribution in [0.15, 0.2) is 29.1 Å². The zero-order valence-corrected chi connectivity index (χ0v) is 11.2. The van der Waals surface area contributed by atoms with E-state index in [1.54, 1.807) is 14.0 Å². The number of aryl methyl sites for hydroxylation is 1. The number of anilines is 1. The number of methoxy groups -OCH3 is 1. The van der Waals surface area contributed by atoms with E-state index in [-0.39, 0.29) is 5.56 Å². The Morgan fingerprint density at radius 3 is 2.84 bits per heavy atom. The number of aromatic nitrogens is 3. The first-order valence-electron chi connectivity index (χ1n) is 5.90. The normalized spacial score (nSPS) is 10.3. The quantitative estimate of drug-likeness (QED) is 0.889. The molecule has 0 aromatic carbocycles. The number of hydrogen-bond donors (Lipinski definition) is 1. The van der Waals surface area contributed by atoms with Gasteiger partial charge in [-0.1, -0.05) is 6.07 Å². The van der Waals surface area contributed by atoms with E-state index in [0.717, 1.165) is 11.5 Å². The molecule has 0 saturated heterocycles. The molecule has 0 aliphatic rings. The average Bonchev–Trinajstić information content (AvgIpc) is 2.41. The van der Waals surface area contributed by atoms with Crippen molar-refractivity contribution in [3.05, 3.63) is 46.0 Å². The first-order valence-corrected chi connectivity index (χ1v) is 5.90. The van der Waals surface area contributed by atoms with E-state index in [1.165, 1.54) is 17.7 Å². The van der Waals surface area contributed by atoms with Crippen LogP contribution in [-0.4, -0.2) is 28.7 Å². The van der Waals surface area contributed by atoms with Crippen molar-refractivity contribution in [2.24, 2.45) is 0 Å². The maximum atomic E-state index is 12.0. The Balaban J connectivity index is 2.40. The fourth-order valence-electron chi connectivity index (χ4n) is 1.76. The Morgan fingerprint density at radius 2 is 2.16 bits per heavy atom. The number of ether oxygens (including phenoxy) is 1. The molecule has 0 atom stereocenters. The van der Waals surface area contributed by atoms with Gasteiger partial charge in [-0.3, -0.25) is 9.36 Å². The predicted molar refractivity (Wildman–Crippen MR) is 72.7 cm³/mol. The summed E-state index contributed by atoms with van der Waals surface area (Å²) in [6.07, 6.45) is 0. The van der Waals surface area contributed by atoms with Crippen LogP contribution in [0.3, 0.4) is 0 Å². The Hall–Kier alpha value is -2.37. The molecule has 1 N–H and O–H groups in total. The predicted octanol–water partition coefficient (Wildman–Crippen LogP) is 1.05. The SMILES string of the molecule is CNc1cccc(Cn2c(OC)nc(C)cc2=O)n1. The molecule has 2 rings (SSSR count). The molecule has 6 heteroatoms. The molecule has 2 heterocycles. The molecule has 0 bridgehead atoms. The van der Waals surface area contributed by atoms with Crippen molar-refractivity contribution in [1.82, 2.24) is 14.5 Å². The third-order valence-electron chi connectivity index (χ3n) is 2.67. The Kier molecular flexibility index (Phi) is 3.79. The summed E-state index contributed by atoms with van der Waals surface area (Å²) in [5, 5.41) is 2.96. The number of pyridine rings is 1. The smallest absolute Gasteiger partial charge is 0.299 e. The molecule has 6 nitrogen and oxygen atoms in total. The molecular weight excluding hydrogens is 244 g/mol. The summed E-state index contributed by atoms with van der Waals surface area (Å²) in [6.45, 7) is 2.08. The van der Waals surface area contributed by atoms with Crippen molar-refractivity contribution >= 4 is 5.82 Å². The second-order valence-electron chi connectivity index (χ2n) is 4.07. The summed E-state index contributed by atoms with van der Waals surface area (Å²) < 4.78 is 6.60. The van der Waals surface area contributed by atoms with Crippen LogP contribution >= 0.6 is 0 Å². The molecule has 0 aliphatic heterocycles. The lowest BCUT2D eigenvalue weighted by atomic mass is 10.3. The highest BCUT2D eigenvalue weighted by Gasteiger charge is 2.08. The molecule has 0 radical (unpaired) electrons. The molecule has 100 valence electrons. The molecular formula is C13H16N4O2. The first-order chi connectivity index (χ1) is 9.13. The summed E-state index contributed by atoms with van der Waals surface area (Å²) in [7, 11) is 3.29. The molecule has 2 aromatic rings. The molecule has 19 heavy (non-hydrogen) atoms. The highest BCUT2D eigenvalue weighted by Crippen LogP contribution is 2.09. The maximum Gasteiger partial charge on any atom is 0.299 e. The van der Waals surface area contributed by atoms with Gasteiger partial charge in [0.15, 0.2) is 0 Å². The van der Waals surface area contributed by atoms with E-state index in [0.29, 0.717) is 18.2 Å². The molecule has 0 saturated carbocycles. The van der Waals surface area contributed by atoms with Gasteiger partial charge in [0.05, 0.1) is 19.3 Å². The van der Waals surface area contributed by atoms with Gasteiger partial charge in [0.1, 0.15) is 5.82 Å². The van der Waals surface area contributed by atoms with Gasteiger partial charge in [-0.25, -0.2) is 9.97 Å². The van der Waals surface area contributed by atoms with Crippen molar-refractivity contribution in [3.8, 4) is 6.01 Å². The van der Waals surface area contributed by atoms with Crippen molar-refractivity contribution in [1.29, 1.82) is 0 Å². The summed E-state index contributed by atoms with van der Waals surface area (Å²) in [5.41, 5.74) is 1.24. The van der Waals surface area contributed by atoms with E-state index < -0.39 is 0 Å². The fourth-order valence-corrected chi connectivity index (χ4v) is 1.76. The van der Waals surface area contributed by atoms with Crippen LogP contribution in [0.5, 0.6) is 6.01 Å². The Morgan fingerprint density at radius 1 is 1.37 bits per heavy atom. The minimum atomic E-state index is -0.152. The lowest BCUT2D eigenvalue weighted by molar-refractivity contribution is 0.349. The molecule has 0 aliphatic carbocycles. The summed E-state index contributed by atoms with van der Waals surface area (Å²) in [6, 6.07) is 7.36. The van der Waals surface area contributed by atoms with Gasteiger partial charge < -0.3 is 10.1 Å². The van der Waals surface area contributed by atoms with Gasteiger partial charge in [0, 0.05) is 18.8 Å². The van der Waals surface area contributed by atoms with Crippen molar-refractivity contribution in [3.63, 3.8) is 0 Å². The second-order valence-corrected chi connectivity index (χ2v) is 4.07. The minimum absolute atomic E-state index is 0.152. The van der Waals surface area contributed by atoms with Crippen molar-refractivity contribution in [2.75, 3.05) is 19.5 Å². The van der Waals surface area contributed by atoms with Gasteiger partial charge in [0.25, 0.3) is 11.6 Å². The lowest BCUT2D eigenvalue weighted by Gasteiger charge is -2.11. The summed E-state index contributed by atoms with van der Waals surface area (Å²) in [5.74, 6) is 0.754. The summed E-state index contributed by atoms with van der Waals surface area (Å²) >= 11 is 0. The fraction of sp³-hybridized carbons (Fsp3) is 0.308. The Labute approximate surface area is 111 Å². The van der Waals surface area contributed by atoms with Crippen LogP contribution in [0, 0.1) is 6.92 Å². The van der Waals surface area contributed by atoms with E-state index >= 15 is 0 Å². The lowest BCUT2D eigenvalue weighted by Crippen LogP contribution is -2.23. The average molecular weight is 260 g/mol. The van der Waals surface area contributed by atoms with Gasteiger partial charge in [-0.2, -0.15) is 0 Å². The van der Waals surface area contributed by atoms with Crippen molar-refractivity contribution < 1.29 is 4.74 Å². The number of rotatable bonds is 4. The molecule has 0 fully saturated rings. The second kappa shape index (κ2) is 5.51. The van der Waals surface area contributed by atoms with Gasteiger partial charge in [-0.15, -0.1) is 0 Å². The van der Waals surface area contributed by atoms with E-state index in [2.05, 4.69) is 15.3 Å². The van der Waals surface area contributed by atoms with Gasteiger partial charge >= 0.3 is 0 Å². The third-order valence-corrected chi connectivity index (χ3v) is 2.67. The highest BCUT2D eigenvalue weighted by atomic mass is 16.5. The number of nitrogens with one attached hydrogen (secondary N) is 1. The number of nitrogens with zero attached hydrogens (tertiary/aromatic N) is 3. The van der Waals surface area contributed by atoms with Gasteiger partial charge in [-0.05, 0) is 19.1 Å². The number of hydrogen-bond acceptors (Lipinski definition) is 5. The van der Waals surface area contributed by atoms with Crippen LogP contribution in [0.2, 0.25) is 0 Å². The molecule has 0 unspecified atom stereocenters. The van der Waals surface area contributed by atoms with Crippen molar-refractivity contribution in [2.45, 2.75) is 13.5 Å². The van der Waals surface area contributed by atoms with Gasteiger partial charge in [0.2, 0.25) is 0 Å². The molecule has 2 aromatic heterocycles. The van der Waals surface area contributed by atoms with Crippen LogP contribution in [0.25, 0.3) is 0 Å². The highest BCUT2D eigenvalue weighted by molar-refractivity contribution is 5.34. The summed E-state index contributed by atoms with van der Waals surface area (Å²) in [4.78, 5) is 20.5. The minimum Gasteiger partial charge on any atom is -0.468 e. The van der Waals surface area contributed by atoms with Crippen LogP contribution in [0.1, 0.15) is 11.4 Å². The monoisotopic (exact) mass is 260 g/mol. The zero-order valence-electron chi connectivity index (χ0n) is 11.2. The molecule has 0 amide bonds. The van der Waals surface area contributed by atoms with Crippen LogP contribution in [0.4, 0.5) is 5.82 Å². The van der Waals surface area contributed by atoms with E-state index in [4.69, 9.17) is 4.74 Å². The third kappa shape index (κ3) is 2.90. The standard InChI is InChI=1S/C13H16N4O2/c1-9-7-12(18)17(13(15-9)19-3)8-10-5-4-6-11(14-2)16-10/h4-7H,8H2,1-3H3,(H,14,16).